The highest BCUT2D eigenvalue weighted by Crippen LogP contribution is 2.25. The van der Waals surface area contributed by atoms with Gasteiger partial charge in [-0.1, -0.05) is 13.8 Å². The first kappa shape index (κ1) is 13.8. The Morgan fingerprint density at radius 1 is 1.25 bits per heavy atom. The van der Waals surface area contributed by atoms with Gasteiger partial charge in [0.15, 0.2) is 6.10 Å². The Morgan fingerprint density at radius 3 is 2.19 bits per heavy atom. The molecule has 1 N–H and O–H groups in total. The third-order valence-corrected chi connectivity index (χ3v) is 2.77. The largest absolute Gasteiger partial charge is 0.414 e. The second kappa shape index (κ2) is 5.36. The molecule has 0 radical (unpaired) electrons. The molecule has 0 aromatic carbocycles. The van der Waals surface area contributed by atoms with Gasteiger partial charge in [-0.2, -0.15) is 13.2 Å². The molecule has 0 aromatic rings. The topological polar surface area (TPSA) is 21.3 Å². The van der Waals surface area contributed by atoms with Gasteiger partial charge in [0.25, 0.3) is 0 Å². The first-order chi connectivity index (χ1) is 7.30. The Kier molecular flexibility index (Phi) is 4.62. The molecule has 1 rings (SSSR count). The van der Waals surface area contributed by atoms with E-state index in [4.69, 9.17) is 4.74 Å². The Hall–Kier alpha value is -0.290. The van der Waals surface area contributed by atoms with Gasteiger partial charge in [-0.25, -0.2) is 0 Å². The van der Waals surface area contributed by atoms with Crippen LogP contribution in [-0.4, -0.2) is 31.0 Å². The van der Waals surface area contributed by atoms with E-state index in [1.54, 1.807) is 0 Å². The minimum absolute atomic E-state index is 0.0797. The molecular weight excluding hydrogens is 219 g/mol. The molecule has 0 aliphatic heterocycles. The molecule has 0 saturated heterocycles. The molecule has 5 heteroatoms. The number of rotatable bonds is 6. The molecule has 0 aromatic heterocycles. The molecule has 0 spiro atoms. The van der Waals surface area contributed by atoms with Gasteiger partial charge >= 0.3 is 6.18 Å². The third kappa shape index (κ3) is 4.70. The summed E-state index contributed by atoms with van der Waals surface area (Å²) < 4.78 is 42.1. The van der Waals surface area contributed by atoms with Gasteiger partial charge in [-0.3, -0.25) is 0 Å². The highest BCUT2D eigenvalue weighted by Gasteiger charge is 2.39. The van der Waals surface area contributed by atoms with Crippen molar-refractivity contribution in [2.45, 2.75) is 58.0 Å². The minimum Gasteiger partial charge on any atom is -0.364 e. The summed E-state index contributed by atoms with van der Waals surface area (Å²) in [5, 5.41) is 3.20. The van der Waals surface area contributed by atoms with Crippen LogP contribution in [0.1, 0.15) is 33.6 Å². The summed E-state index contributed by atoms with van der Waals surface area (Å²) in [5.41, 5.74) is 0. The number of alkyl halides is 3. The van der Waals surface area contributed by atoms with E-state index in [2.05, 4.69) is 5.32 Å². The van der Waals surface area contributed by atoms with Gasteiger partial charge in [-0.15, -0.1) is 0 Å². The molecule has 2 unspecified atom stereocenters. The smallest absolute Gasteiger partial charge is 0.364 e. The zero-order chi connectivity index (χ0) is 12.3. The lowest BCUT2D eigenvalue weighted by molar-refractivity contribution is -0.230. The summed E-state index contributed by atoms with van der Waals surface area (Å²) in [5.74, 6) is 0.0797. The van der Waals surface area contributed by atoms with Crippen molar-refractivity contribution in [3.63, 3.8) is 0 Å². The molecule has 96 valence electrons. The number of halogens is 3. The molecule has 2 atom stereocenters. The summed E-state index contributed by atoms with van der Waals surface area (Å²) in [6.07, 6.45) is -4.09. The molecule has 0 bridgehead atoms. The van der Waals surface area contributed by atoms with Crippen LogP contribution in [0.3, 0.4) is 0 Å². The van der Waals surface area contributed by atoms with Crippen LogP contribution in [-0.2, 0) is 4.74 Å². The quantitative estimate of drug-likeness (QED) is 0.769. The summed E-state index contributed by atoms with van der Waals surface area (Å²) in [6, 6.07) is 0.492. The summed E-state index contributed by atoms with van der Waals surface area (Å²) in [4.78, 5) is 0. The van der Waals surface area contributed by atoms with Crippen LogP contribution in [0.4, 0.5) is 13.2 Å². The van der Waals surface area contributed by atoms with E-state index in [-0.39, 0.29) is 12.0 Å². The Labute approximate surface area is 94.5 Å². The summed E-state index contributed by atoms with van der Waals surface area (Å²) in [6.45, 7) is 5.32. The van der Waals surface area contributed by atoms with Crippen LogP contribution in [0.15, 0.2) is 0 Å². The van der Waals surface area contributed by atoms with Gasteiger partial charge in [0.1, 0.15) is 0 Å². The van der Waals surface area contributed by atoms with Gasteiger partial charge < -0.3 is 10.1 Å². The second-order valence-electron chi connectivity index (χ2n) is 4.78. The van der Waals surface area contributed by atoms with Crippen molar-refractivity contribution in [3.8, 4) is 0 Å². The van der Waals surface area contributed by atoms with E-state index in [0.29, 0.717) is 12.6 Å². The maximum atomic E-state index is 12.3. The lowest BCUT2D eigenvalue weighted by Gasteiger charge is -2.27. The maximum Gasteiger partial charge on any atom is 0.414 e. The van der Waals surface area contributed by atoms with E-state index in [0.717, 1.165) is 19.8 Å². The number of ether oxygens (including phenoxy) is 1. The van der Waals surface area contributed by atoms with Crippen molar-refractivity contribution in [1.82, 2.24) is 5.32 Å². The van der Waals surface area contributed by atoms with Crippen molar-refractivity contribution in [2.75, 3.05) is 6.54 Å². The highest BCUT2D eigenvalue weighted by atomic mass is 19.4. The van der Waals surface area contributed by atoms with Crippen molar-refractivity contribution < 1.29 is 17.9 Å². The van der Waals surface area contributed by atoms with Gasteiger partial charge in [0.05, 0.1) is 6.10 Å². The zero-order valence-electron chi connectivity index (χ0n) is 9.97. The van der Waals surface area contributed by atoms with E-state index >= 15 is 0 Å². The third-order valence-electron chi connectivity index (χ3n) is 2.77. The van der Waals surface area contributed by atoms with Crippen LogP contribution in [0.25, 0.3) is 0 Å². The van der Waals surface area contributed by atoms with Crippen LogP contribution < -0.4 is 5.32 Å². The average molecular weight is 239 g/mol. The van der Waals surface area contributed by atoms with E-state index in [1.807, 2.05) is 13.8 Å². The molecule has 1 saturated carbocycles. The second-order valence-corrected chi connectivity index (χ2v) is 4.78. The monoisotopic (exact) mass is 239 g/mol. The van der Waals surface area contributed by atoms with Crippen molar-refractivity contribution in [3.05, 3.63) is 0 Å². The molecule has 0 amide bonds. The fraction of sp³-hybridized carbons (Fsp3) is 1.00. The van der Waals surface area contributed by atoms with Crippen molar-refractivity contribution >= 4 is 0 Å². The molecule has 1 aliphatic rings. The maximum absolute atomic E-state index is 12.3. The molecule has 16 heavy (non-hydrogen) atoms. The zero-order valence-corrected chi connectivity index (χ0v) is 9.97. The fourth-order valence-corrected chi connectivity index (χ4v) is 1.35. The number of hydrogen-bond acceptors (Lipinski definition) is 2. The van der Waals surface area contributed by atoms with Gasteiger partial charge in [0.2, 0.25) is 0 Å². The molecule has 0 heterocycles. The first-order valence-electron chi connectivity index (χ1n) is 5.76. The van der Waals surface area contributed by atoms with Crippen LogP contribution in [0.5, 0.6) is 0 Å². The fourth-order valence-electron chi connectivity index (χ4n) is 1.35. The van der Waals surface area contributed by atoms with Crippen LogP contribution >= 0.6 is 0 Å². The lowest BCUT2D eigenvalue weighted by Crippen LogP contribution is -2.40. The van der Waals surface area contributed by atoms with Crippen LogP contribution in [0, 0.1) is 5.92 Å². The predicted octanol–water partition coefficient (Wildman–Crippen LogP) is 2.73. The Bertz CT molecular complexity index is 214. The van der Waals surface area contributed by atoms with Gasteiger partial charge in [0, 0.05) is 12.6 Å². The van der Waals surface area contributed by atoms with E-state index in [1.165, 1.54) is 0 Å². The molecule has 2 nitrogen and oxygen atoms in total. The summed E-state index contributed by atoms with van der Waals surface area (Å²) in [7, 11) is 0. The minimum atomic E-state index is -4.27. The predicted molar refractivity (Wildman–Crippen MR) is 56.3 cm³/mol. The summed E-state index contributed by atoms with van der Waals surface area (Å²) >= 11 is 0. The SMILES string of the molecule is CC(C)C(CNC1CC1)OC(C)C(F)(F)F. The van der Waals surface area contributed by atoms with Crippen LogP contribution in [0.2, 0.25) is 0 Å². The number of hydrogen-bond donors (Lipinski definition) is 1. The molecule has 1 fully saturated rings. The molecule has 1 aliphatic carbocycles. The van der Waals surface area contributed by atoms with Crippen molar-refractivity contribution in [1.29, 1.82) is 0 Å². The Balaban J connectivity index is 2.36. The van der Waals surface area contributed by atoms with E-state index in [9.17, 15) is 13.2 Å². The lowest BCUT2D eigenvalue weighted by atomic mass is 10.1. The van der Waals surface area contributed by atoms with Gasteiger partial charge in [-0.05, 0) is 25.7 Å². The standard InChI is InChI=1S/C11H20F3NO/c1-7(2)10(6-15-9-4-5-9)16-8(3)11(12,13)14/h7-10,15H,4-6H2,1-3H3. The Morgan fingerprint density at radius 2 is 1.81 bits per heavy atom. The number of nitrogens with one attached hydrogen (secondary N) is 1. The highest BCUT2D eigenvalue weighted by molar-refractivity contribution is 4.83. The van der Waals surface area contributed by atoms with Crippen molar-refractivity contribution in [2.24, 2.45) is 5.92 Å². The average Bonchev–Trinajstić information content (AvgIpc) is 2.92. The first-order valence-corrected chi connectivity index (χ1v) is 5.76. The van der Waals surface area contributed by atoms with E-state index < -0.39 is 12.3 Å². The normalized spacial score (nSPS) is 21.2. The molecular formula is C11H20F3NO.